The minimum absolute atomic E-state index is 0.0565. The minimum Gasteiger partial charge on any atom is -0.405 e. The van der Waals surface area contributed by atoms with Gasteiger partial charge in [-0.1, -0.05) is 37.5 Å². The van der Waals surface area contributed by atoms with Gasteiger partial charge >= 0.3 is 6.36 Å². The van der Waals surface area contributed by atoms with Gasteiger partial charge < -0.3 is 10.5 Å². The molecule has 1 aromatic rings. The molecular weight excluding hydrogens is 267 g/mol. The maximum atomic E-state index is 12.5. The summed E-state index contributed by atoms with van der Waals surface area (Å²) in [6, 6.07) is 6.46. The molecule has 5 heteroatoms. The summed E-state index contributed by atoms with van der Waals surface area (Å²) < 4.78 is 41.7. The van der Waals surface area contributed by atoms with Gasteiger partial charge in [-0.15, -0.1) is 13.2 Å². The van der Waals surface area contributed by atoms with E-state index in [2.05, 4.69) is 4.74 Å². The summed E-state index contributed by atoms with van der Waals surface area (Å²) in [6.45, 7) is 0.505. The van der Waals surface area contributed by atoms with Crippen LogP contribution in [0.1, 0.15) is 43.6 Å². The summed E-state index contributed by atoms with van der Waals surface area (Å²) in [7, 11) is 0. The van der Waals surface area contributed by atoms with Crippen molar-refractivity contribution in [2.75, 3.05) is 6.54 Å². The Labute approximate surface area is 117 Å². The molecule has 0 saturated heterocycles. The molecule has 0 bridgehead atoms. The van der Waals surface area contributed by atoms with Gasteiger partial charge in [0.25, 0.3) is 0 Å². The van der Waals surface area contributed by atoms with Gasteiger partial charge in [0.15, 0.2) is 0 Å². The van der Waals surface area contributed by atoms with Crippen molar-refractivity contribution in [2.24, 2.45) is 11.7 Å². The molecule has 2 unspecified atom stereocenters. The van der Waals surface area contributed by atoms with E-state index in [1.807, 2.05) is 0 Å². The van der Waals surface area contributed by atoms with Gasteiger partial charge in [-0.2, -0.15) is 0 Å². The van der Waals surface area contributed by atoms with Crippen LogP contribution in [0.4, 0.5) is 13.2 Å². The molecule has 0 heterocycles. The average molecular weight is 287 g/mol. The van der Waals surface area contributed by atoms with Crippen LogP contribution in [0, 0.1) is 5.92 Å². The Balaban J connectivity index is 2.29. The van der Waals surface area contributed by atoms with Gasteiger partial charge in [-0.3, -0.25) is 0 Å². The largest absolute Gasteiger partial charge is 0.573 e. The highest BCUT2D eigenvalue weighted by atomic mass is 19.4. The van der Waals surface area contributed by atoms with Gasteiger partial charge in [-0.25, -0.2) is 0 Å². The highest BCUT2D eigenvalue weighted by Crippen LogP contribution is 2.41. The molecule has 2 rings (SSSR count). The molecule has 1 aliphatic carbocycles. The zero-order chi connectivity index (χ0) is 14.6. The molecule has 2 nitrogen and oxygen atoms in total. The second-order valence-corrected chi connectivity index (χ2v) is 5.33. The molecule has 2 N–H and O–H groups in total. The monoisotopic (exact) mass is 287 g/mol. The summed E-state index contributed by atoms with van der Waals surface area (Å²) in [4.78, 5) is 0. The van der Waals surface area contributed by atoms with E-state index >= 15 is 0 Å². The number of nitrogens with two attached hydrogens (primary N) is 1. The van der Waals surface area contributed by atoms with E-state index in [0.717, 1.165) is 32.1 Å². The second kappa shape index (κ2) is 6.48. The number of hydrogen-bond donors (Lipinski definition) is 1. The highest BCUT2D eigenvalue weighted by molar-refractivity contribution is 5.37. The third kappa shape index (κ3) is 3.88. The van der Waals surface area contributed by atoms with E-state index in [-0.39, 0.29) is 17.6 Å². The number of alkyl halides is 3. The van der Waals surface area contributed by atoms with Crippen molar-refractivity contribution >= 4 is 0 Å². The second-order valence-electron chi connectivity index (χ2n) is 5.33. The lowest BCUT2D eigenvalue weighted by atomic mass is 9.82. The Bertz CT molecular complexity index is 433. The van der Waals surface area contributed by atoms with Crippen LogP contribution in [0.25, 0.3) is 0 Å². The van der Waals surface area contributed by atoms with E-state index in [4.69, 9.17) is 5.73 Å². The molecule has 0 spiro atoms. The van der Waals surface area contributed by atoms with Crippen LogP contribution in [0.2, 0.25) is 0 Å². The summed E-state index contributed by atoms with van der Waals surface area (Å²) in [5.74, 6) is 0.210. The number of rotatable bonds is 3. The molecule has 112 valence electrons. The molecule has 1 fully saturated rings. The quantitative estimate of drug-likeness (QED) is 0.845. The molecule has 0 amide bonds. The van der Waals surface area contributed by atoms with E-state index in [1.54, 1.807) is 18.2 Å². The van der Waals surface area contributed by atoms with Crippen LogP contribution < -0.4 is 10.5 Å². The molecular formula is C15H20F3NO. The molecule has 0 aliphatic heterocycles. The fourth-order valence-corrected chi connectivity index (χ4v) is 3.08. The predicted octanol–water partition coefficient (Wildman–Crippen LogP) is 4.21. The zero-order valence-electron chi connectivity index (χ0n) is 11.3. The third-order valence-electron chi connectivity index (χ3n) is 4.01. The summed E-state index contributed by atoms with van der Waals surface area (Å²) in [6.07, 6.45) is 0.443. The lowest BCUT2D eigenvalue weighted by molar-refractivity contribution is -0.275. The maximum Gasteiger partial charge on any atom is 0.573 e. The van der Waals surface area contributed by atoms with Crippen molar-refractivity contribution in [3.8, 4) is 5.75 Å². The topological polar surface area (TPSA) is 35.2 Å². The summed E-state index contributed by atoms with van der Waals surface area (Å²) in [5, 5.41) is 0. The first kappa shape index (κ1) is 15.2. The number of ether oxygens (including phenoxy) is 1. The van der Waals surface area contributed by atoms with Crippen molar-refractivity contribution in [2.45, 2.75) is 44.4 Å². The lowest BCUT2D eigenvalue weighted by Gasteiger charge is -2.26. The summed E-state index contributed by atoms with van der Waals surface area (Å²) in [5.41, 5.74) is 6.46. The number of halogens is 3. The standard InChI is InChI=1S/C15H20F3NO/c16-15(17,18)20-14-9-5-4-8-13(14)12-7-3-1-2-6-11(12)10-19/h4-5,8-9,11-12H,1-3,6-7,10,19H2. The van der Waals surface area contributed by atoms with Crippen LogP contribution in [0.5, 0.6) is 5.75 Å². The van der Waals surface area contributed by atoms with Crippen LogP contribution >= 0.6 is 0 Å². The smallest absolute Gasteiger partial charge is 0.405 e. The fourth-order valence-electron chi connectivity index (χ4n) is 3.08. The molecule has 1 aromatic carbocycles. The van der Waals surface area contributed by atoms with Crippen molar-refractivity contribution in [3.63, 3.8) is 0 Å². The van der Waals surface area contributed by atoms with E-state index in [0.29, 0.717) is 12.1 Å². The van der Waals surface area contributed by atoms with Gasteiger partial charge in [-0.05, 0) is 42.9 Å². The first-order chi connectivity index (χ1) is 9.51. The van der Waals surface area contributed by atoms with Crippen LogP contribution in [0.15, 0.2) is 24.3 Å². The Hall–Kier alpha value is -1.23. The molecule has 1 aliphatic rings. The summed E-state index contributed by atoms with van der Waals surface area (Å²) >= 11 is 0. The Morgan fingerprint density at radius 2 is 1.80 bits per heavy atom. The fraction of sp³-hybridized carbons (Fsp3) is 0.600. The first-order valence-corrected chi connectivity index (χ1v) is 7.06. The van der Waals surface area contributed by atoms with E-state index < -0.39 is 6.36 Å². The first-order valence-electron chi connectivity index (χ1n) is 7.06. The van der Waals surface area contributed by atoms with E-state index in [1.165, 1.54) is 6.07 Å². The SMILES string of the molecule is NCC1CCCCCC1c1ccccc1OC(F)(F)F. The van der Waals surface area contributed by atoms with E-state index in [9.17, 15) is 13.2 Å². The zero-order valence-corrected chi connectivity index (χ0v) is 11.3. The van der Waals surface area contributed by atoms with Crippen molar-refractivity contribution in [3.05, 3.63) is 29.8 Å². The van der Waals surface area contributed by atoms with Gasteiger partial charge in [0, 0.05) is 0 Å². The Kier molecular flexibility index (Phi) is 4.91. The van der Waals surface area contributed by atoms with Crippen LogP contribution in [-0.4, -0.2) is 12.9 Å². The van der Waals surface area contributed by atoms with Crippen LogP contribution in [0.3, 0.4) is 0 Å². The van der Waals surface area contributed by atoms with Gasteiger partial charge in [0.2, 0.25) is 0 Å². The Morgan fingerprint density at radius 1 is 1.10 bits per heavy atom. The predicted molar refractivity (Wildman–Crippen MR) is 71.5 cm³/mol. The van der Waals surface area contributed by atoms with Crippen molar-refractivity contribution < 1.29 is 17.9 Å². The number of para-hydroxylation sites is 1. The van der Waals surface area contributed by atoms with Gasteiger partial charge in [0.05, 0.1) is 0 Å². The van der Waals surface area contributed by atoms with Crippen molar-refractivity contribution in [1.29, 1.82) is 0 Å². The number of benzene rings is 1. The maximum absolute atomic E-state index is 12.5. The molecule has 0 radical (unpaired) electrons. The van der Waals surface area contributed by atoms with Crippen molar-refractivity contribution in [1.82, 2.24) is 0 Å². The molecule has 2 atom stereocenters. The minimum atomic E-state index is -4.65. The van der Waals surface area contributed by atoms with Crippen LogP contribution in [-0.2, 0) is 0 Å². The number of hydrogen-bond acceptors (Lipinski definition) is 2. The molecule has 20 heavy (non-hydrogen) atoms. The Morgan fingerprint density at radius 3 is 2.50 bits per heavy atom. The third-order valence-corrected chi connectivity index (χ3v) is 4.01. The molecule has 1 saturated carbocycles. The normalized spacial score (nSPS) is 24.2. The average Bonchev–Trinajstić information content (AvgIpc) is 2.62. The lowest BCUT2D eigenvalue weighted by Crippen LogP contribution is -2.23. The molecule has 0 aromatic heterocycles. The highest BCUT2D eigenvalue weighted by Gasteiger charge is 2.34. The van der Waals surface area contributed by atoms with Gasteiger partial charge in [0.1, 0.15) is 5.75 Å².